The summed E-state index contributed by atoms with van der Waals surface area (Å²) in [5, 5.41) is 0. The van der Waals surface area contributed by atoms with Crippen molar-refractivity contribution < 1.29 is 55.5 Å². The van der Waals surface area contributed by atoms with E-state index in [4.69, 9.17) is 31.6 Å². The molecule has 166 valence electrons. The number of H-pyrrole nitrogens is 1. The van der Waals surface area contributed by atoms with Crippen LogP contribution in [0.25, 0.3) is 0 Å². The first-order valence-electron chi connectivity index (χ1n) is 7.48. The third-order valence-electron chi connectivity index (χ3n) is 3.43. The van der Waals surface area contributed by atoms with E-state index in [2.05, 4.69) is 18.1 Å². The summed E-state index contributed by atoms with van der Waals surface area (Å²) < 4.78 is 65.8. The topological polar surface area (TPSA) is 207 Å². The fourth-order valence-corrected chi connectivity index (χ4v) is 5.60. The van der Waals surface area contributed by atoms with Crippen LogP contribution in [0.1, 0.15) is 24.6 Å². The van der Waals surface area contributed by atoms with Gasteiger partial charge in [0.2, 0.25) is 5.85 Å². The second kappa shape index (κ2) is 8.50. The van der Waals surface area contributed by atoms with E-state index in [1.807, 2.05) is 0 Å². The number of aryl methyl sites for hydroxylation is 1. The van der Waals surface area contributed by atoms with Gasteiger partial charge in [-0.3, -0.25) is 18.9 Å². The molecule has 0 spiro atoms. The molecular weight excluding hydrogens is 484 g/mol. The number of nitrogens with zero attached hydrogens (tertiary/aromatic N) is 1. The van der Waals surface area contributed by atoms with Crippen molar-refractivity contribution in [2.75, 3.05) is 6.61 Å². The Morgan fingerprint density at radius 2 is 1.93 bits per heavy atom. The van der Waals surface area contributed by atoms with Gasteiger partial charge in [0.1, 0.15) is 12.8 Å². The predicted molar refractivity (Wildman–Crippen MR) is 93.6 cm³/mol. The van der Waals surface area contributed by atoms with Gasteiger partial charge >= 0.3 is 23.5 Å². The Hall–Kier alpha value is -0.600. The number of ether oxygens (including phenoxy) is 1. The number of alkyl halides is 1. The Labute approximate surface area is 166 Å². The molecule has 5 N–H and O–H groups in total. The lowest BCUT2D eigenvalue weighted by Gasteiger charge is -2.23. The molecule has 14 nitrogen and oxygen atoms in total. The van der Waals surface area contributed by atoms with Crippen molar-refractivity contribution in [2.45, 2.75) is 31.8 Å². The molecule has 2 heterocycles. The van der Waals surface area contributed by atoms with Gasteiger partial charge in [-0.25, -0.2) is 18.1 Å². The summed E-state index contributed by atoms with van der Waals surface area (Å²) >= 11 is 4.97. The van der Waals surface area contributed by atoms with Gasteiger partial charge < -0.3 is 24.3 Å². The van der Waals surface area contributed by atoms with E-state index in [1.54, 1.807) is 0 Å². The molecule has 4 atom stereocenters. The van der Waals surface area contributed by atoms with E-state index in [0.29, 0.717) is 0 Å². The molecule has 0 radical (unpaired) electrons. The largest absolute Gasteiger partial charge is 0.490 e. The van der Waals surface area contributed by atoms with E-state index >= 15 is 0 Å². The van der Waals surface area contributed by atoms with Gasteiger partial charge in [0, 0.05) is 18.2 Å². The minimum atomic E-state index is -5.71. The van der Waals surface area contributed by atoms with Crippen molar-refractivity contribution in [1.29, 1.82) is 0 Å². The Balaban J connectivity index is 2.04. The van der Waals surface area contributed by atoms with Crippen LogP contribution in [0.5, 0.6) is 0 Å². The van der Waals surface area contributed by atoms with E-state index in [0.717, 1.165) is 0 Å². The molecule has 1 aromatic heterocycles. The second-order valence-corrected chi connectivity index (χ2v) is 10.6. The number of halogens is 1. The Bertz CT molecular complexity index is 1040. The fourth-order valence-electron chi connectivity index (χ4n) is 2.28. The Morgan fingerprint density at radius 1 is 1.31 bits per heavy atom. The SMILES string of the molecule is Cc1cn([C@H]2CC[C@@](F)(COP(=O)(O)OP(=O)(O)OP(=O)(O)O)O2)c(=S)[nH]c1=O. The quantitative estimate of drug-likeness (QED) is 0.254. The first-order valence-corrected chi connectivity index (χ1v) is 12.4. The van der Waals surface area contributed by atoms with Crippen LogP contribution in [0.2, 0.25) is 0 Å². The first-order chi connectivity index (χ1) is 13.0. The van der Waals surface area contributed by atoms with Crippen LogP contribution in [-0.4, -0.2) is 41.6 Å². The van der Waals surface area contributed by atoms with Crippen molar-refractivity contribution in [3.05, 3.63) is 26.9 Å². The third kappa shape index (κ3) is 7.24. The normalized spacial score (nSPS) is 26.8. The van der Waals surface area contributed by atoms with E-state index in [-0.39, 0.29) is 23.2 Å². The van der Waals surface area contributed by atoms with Gasteiger partial charge in [0.05, 0.1) is 0 Å². The van der Waals surface area contributed by atoms with Crippen LogP contribution in [0.15, 0.2) is 11.0 Å². The van der Waals surface area contributed by atoms with E-state index in [9.17, 15) is 27.8 Å². The summed E-state index contributed by atoms with van der Waals surface area (Å²) in [6.07, 6.45) is 0.0103. The summed E-state index contributed by atoms with van der Waals surface area (Å²) in [6, 6.07) is 0. The molecule has 29 heavy (non-hydrogen) atoms. The molecule has 1 saturated heterocycles. The molecule has 1 fully saturated rings. The summed E-state index contributed by atoms with van der Waals surface area (Å²) in [5.74, 6) is -2.64. The number of aromatic nitrogens is 2. The predicted octanol–water partition coefficient (Wildman–Crippen LogP) is 1.53. The summed E-state index contributed by atoms with van der Waals surface area (Å²) in [7, 11) is -16.7. The maximum absolute atomic E-state index is 14.8. The number of hydrogen-bond donors (Lipinski definition) is 5. The zero-order valence-electron chi connectivity index (χ0n) is 14.4. The van der Waals surface area contributed by atoms with Crippen LogP contribution in [0, 0.1) is 11.7 Å². The molecule has 1 aliphatic heterocycles. The molecule has 0 aromatic carbocycles. The number of hydrogen-bond acceptors (Lipinski definition) is 9. The smallest absolute Gasteiger partial charge is 0.320 e. The highest BCUT2D eigenvalue weighted by molar-refractivity contribution is 7.71. The molecule has 0 amide bonds. The highest BCUT2D eigenvalue weighted by Gasteiger charge is 2.46. The molecule has 2 rings (SSSR count). The fraction of sp³-hybridized carbons (Fsp3) is 0.600. The highest BCUT2D eigenvalue weighted by atomic mass is 32.1. The van der Waals surface area contributed by atoms with Gasteiger partial charge in [-0.1, -0.05) is 0 Å². The van der Waals surface area contributed by atoms with Gasteiger partial charge in [-0.05, 0) is 25.6 Å². The summed E-state index contributed by atoms with van der Waals surface area (Å²) in [6.45, 7) is 0.236. The van der Waals surface area contributed by atoms with Gasteiger partial charge in [-0.15, -0.1) is 0 Å². The van der Waals surface area contributed by atoms with Crippen molar-refractivity contribution in [3.8, 4) is 0 Å². The lowest BCUT2D eigenvalue weighted by atomic mass is 10.2. The zero-order valence-corrected chi connectivity index (χ0v) is 17.9. The summed E-state index contributed by atoms with van der Waals surface area (Å²) in [4.78, 5) is 49.2. The van der Waals surface area contributed by atoms with Crippen molar-refractivity contribution >= 4 is 35.7 Å². The van der Waals surface area contributed by atoms with Crippen molar-refractivity contribution in [3.63, 3.8) is 0 Å². The molecule has 0 saturated carbocycles. The Kier molecular flexibility index (Phi) is 7.23. The number of phosphoric ester groups is 1. The molecule has 0 bridgehead atoms. The molecule has 0 aliphatic carbocycles. The summed E-state index contributed by atoms with van der Waals surface area (Å²) in [5.41, 5.74) is -0.171. The average molecular weight is 500 g/mol. The van der Waals surface area contributed by atoms with Crippen LogP contribution < -0.4 is 5.56 Å². The first kappa shape index (κ1) is 24.7. The van der Waals surface area contributed by atoms with Gasteiger partial charge in [-0.2, -0.15) is 8.62 Å². The molecular formula is C10H16FN2O12P3S. The molecule has 1 aliphatic rings. The van der Waals surface area contributed by atoms with Crippen molar-refractivity contribution in [2.24, 2.45) is 0 Å². The maximum Gasteiger partial charge on any atom is 0.490 e. The van der Waals surface area contributed by atoms with Crippen molar-refractivity contribution in [1.82, 2.24) is 9.55 Å². The minimum Gasteiger partial charge on any atom is -0.320 e. The Morgan fingerprint density at radius 3 is 2.52 bits per heavy atom. The second-order valence-electron chi connectivity index (χ2n) is 5.84. The molecule has 19 heteroatoms. The van der Waals surface area contributed by atoms with Gasteiger partial charge in [0.15, 0.2) is 4.77 Å². The number of phosphoric acid groups is 3. The number of aromatic amines is 1. The van der Waals surface area contributed by atoms with Crippen LogP contribution >= 0.6 is 35.7 Å². The monoisotopic (exact) mass is 500 g/mol. The van der Waals surface area contributed by atoms with Crippen LogP contribution in [0.3, 0.4) is 0 Å². The zero-order chi connectivity index (χ0) is 22.3. The van der Waals surface area contributed by atoms with E-state index in [1.165, 1.54) is 17.7 Å². The standard InChI is InChI=1S/C10H16FN2O12P3S/c1-6-4-13(9(29)12-8(6)14)7-2-3-10(11,23-7)5-22-27(18,19)25-28(20,21)24-26(15,16)17/h4,7H,2-3,5H2,1H3,(H,18,19)(H,20,21)(H,12,14,29)(H2,15,16,17)/t7-,10+/m1/s1. The average Bonchev–Trinajstić information content (AvgIpc) is 2.88. The lowest BCUT2D eigenvalue weighted by molar-refractivity contribution is -0.174. The molecule has 2 unspecified atom stereocenters. The van der Waals surface area contributed by atoms with Crippen LogP contribution in [-0.2, 0) is 31.6 Å². The van der Waals surface area contributed by atoms with Crippen LogP contribution in [0.4, 0.5) is 4.39 Å². The van der Waals surface area contributed by atoms with Gasteiger partial charge in [0.25, 0.3) is 5.56 Å². The minimum absolute atomic E-state index is 0.0239. The van der Waals surface area contributed by atoms with E-state index < -0.39 is 47.7 Å². The third-order valence-corrected chi connectivity index (χ3v) is 7.52. The maximum atomic E-state index is 14.8. The molecule has 1 aromatic rings. The number of nitrogens with one attached hydrogen (secondary N) is 1. The lowest BCUT2D eigenvalue weighted by Crippen LogP contribution is -2.29. The highest BCUT2D eigenvalue weighted by Crippen LogP contribution is 2.66. The number of rotatable bonds is 8.